The molecule has 2 heterocycles. The van der Waals surface area contributed by atoms with Crippen LogP contribution in [0.5, 0.6) is 0 Å². The van der Waals surface area contributed by atoms with Gasteiger partial charge in [-0.1, -0.05) is 36.4 Å². The summed E-state index contributed by atoms with van der Waals surface area (Å²) >= 11 is 0. The zero-order chi connectivity index (χ0) is 16.0. The van der Waals surface area contributed by atoms with E-state index in [0.717, 1.165) is 34.9 Å². The van der Waals surface area contributed by atoms with Crippen molar-refractivity contribution in [3.63, 3.8) is 0 Å². The van der Waals surface area contributed by atoms with Crippen LogP contribution >= 0.6 is 0 Å². The number of ketones is 1. The summed E-state index contributed by atoms with van der Waals surface area (Å²) in [5.74, 6) is 0.0978. The SMILES string of the molecule is CCN1C(=C2C(=O)c3ccccc3N2C)C=Cc2ccccc21. The molecule has 0 amide bonds. The molecule has 0 atom stereocenters. The molecular formula is C20H18N2O. The van der Waals surface area contributed by atoms with Crippen LogP contribution in [0.2, 0.25) is 0 Å². The summed E-state index contributed by atoms with van der Waals surface area (Å²) in [4.78, 5) is 17.1. The topological polar surface area (TPSA) is 23.6 Å². The van der Waals surface area contributed by atoms with E-state index in [-0.39, 0.29) is 5.78 Å². The molecule has 23 heavy (non-hydrogen) atoms. The number of hydrogen-bond donors (Lipinski definition) is 0. The summed E-state index contributed by atoms with van der Waals surface area (Å²) < 4.78 is 0. The highest BCUT2D eigenvalue weighted by Crippen LogP contribution is 2.39. The van der Waals surface area contributed by atoms with Crippen LogP contribution in [0.25, 0.3) is 6.08 Å². The molecule has 0 aromatic heterocycles. The molecular weight excluding hydrogens is 284 g/mol. The van der Waals surface area contributed by atoms with Gasteiger partial charge in [-0.25, -0.2) is 0 Å². The standard InChI is InChI=1S/C20H18N2O/c1-3-22-16-10-6-4-8-14(16)12-13-18(22)19-20(23)15-9-5-7-11-17(15)21(19)2/h4-13H,3H2,1-2H3. The van der Waals surface area contributed by atoms with Gasteiger partial charge in [0, 0.05) is 24.8 Å². The maximum Gasteiger partial charge on any atom is 0.213 e. The Hall–Kier alpha value is -2.81. The molecule has 2 aliphatic heterocycles. The van der Waals surface area contributed by atoms with Crippen LogP contribution in [0.1, 0.15) is 22.8 Å². The van der Waals surface area contributed by atoms with E-state index in [9.17, 15) is 4.79 Å². The van der Waals surface area contributed by atoms with E-state index >= 15 is 0 Å². The summed E-state index contributed by atoms with van der Waals surface area (Å²) in [6.45, 7) is 2.93. The molecule has 0 bridgehead atoms. The number of carbonyl (C=O) groups is 1. The molecule has 3 heteroatoms. The fourth-order valence-corrected chi connectivity index (χ4v) is 3.46. The number of hydrogen-bond acceptors (Lipinski definition) is 3. The third kappa shape index (κ3) is 1.93. The lowest BCUT2D eigenvalue weighted by molar-refractivity contribution is 0.103. The van der Waals surface area contributed by atoms with Gasteiger partial charge in [-0.3, -0.25) is 4.79 Å². The molecule has 2 aromatic rings. The van der Waals surface area contributed by atoms with Gasteiger partial charge in [0.1, 0.15) is 5.70 Å². The molecule has 0 radical (unpaired) electrons. The van der Waals surface area contributed by atoms with Crippen LogP contribution < -0.4 is 9.80 Å². The van der Waals surface area contributed by atoms with Gasteiger partial charge >= 0.3 is 0 Å². The van der Waals surface area contributed by atoms with Crippen molar-refractivity contribution in [1.29, 1.82) is 0 Å². The second-order valence-electron chi connectivity index (χ2n) is 5.78. The highest BCUT2D eigenvalue weighted by atomic mass is 16.1. The van der Waals surface area contributed by atoms with Crippen LogP contribution in [0, 0.1) is 0 Å². The molecule has 0 spiro atoms. The van der Waals surface area contributed by atoms with Gasteiger partial charge in [-0.15, -0.1) is 0 Å². The average Bonchev–Trinajstić information content (AvgIpc) is 2.85. The van der Waals surface area contributed by atoms with E-state index in [0.29, 0.717) is 0 Å². The van der Waals surface area contributed by atoms with E-state index in [1.54, 1.807) is 0 Å². The van der Waals surface area contributed by atoms with Crippen molar-refractivity contribution in [2.24, 2.45) is 0 Å². The highest BCUT2D eigenvalue weighted by molar-refractivity contribution is 6.20. The van der Waals surface area contributed by atoms with Crippen molar-refractivity contribution in [2.45, 2.75) is 6.92 Å². The molecule has 0 fully saturated rings. The zero-order valence-electron chi connectivity index (χ0n) is 13.3. The summed E-state index contributed by atoms with van der Waals surface area (Å²) in [6.07, 6.45) is 4.15. The fraction of sp³-hybridized carbons (Fsp3) is 0.150. The Balaban J connectivity index is 1.91. The smallest absolute Gasteiger partial charge is 0.213 e. The number of anilines is 2. The number of benzene rings is 2. The number of allylic oxidation sites excluding steroid dienone is 2. The van der Waals surface area contributed by atoms with E-state index < -0.39 is 0 Å². The van der Waals surface area contributed by atoms with Crippen molar-refractivity contribution in [1.82, 2.24) is 0 Å². The van der Waals surface area contributed by atoms with Gasteiger partial charge in [0.25, 0.3) is 0 Å². The third-order valence-electron chi connectivity index (χ3n) is 4.56. The number of nitrogens with zero attached hydrogens (tertiary/aromatic N) is 2. The number of carbonyl (C=O) groups excluding carboxylic acids is 1. The largest absolute Gasteiger partial charge is 0.339 e. The molecule has 2 aromatic carbocycles. The second kappa shape index (κ2) is 5.13. The van der Waals surface area contributed by atoms with Crippen LogP contribution in [-0.4, -0.2) is 19.4 Å². The summed E-state index contributed by atoms with van der Waals surface area (Å²) in [5, 5.41) is 0. The minimum atomic E-state index is 0.0978. The number of Topliss-reactive ketones (excluding diaryl/α,β-unsaturated/α-hetero) is 1. The quantitative estimate of drug-likeness (QED) is 0.741. The molecule has 114 valence electrons. The predicted octanol–water partition coefficient (Wildman–Crippen LogP) is 4.08. The Morgan fingerprint density at radius 1 is 0.913 bits per heavy atom. The maximum absolute atomic E-state index is 12.9. The fourth-order valence-electron chi connectivity index (χ4n) is 3.46. The minimum Gasteiger partial charge on any atom is -0.339 e. The lowest BCUT2D eigenvalue weighted by Crippen LogP contribution is -2.29. The number of fused-ring (bicyclic) bond motifs is 2. The van der Waals surface area contributed by atoms with Gasteiger partial charge in [0.2, 0.25) is 5.78 Å². The van der Waals surface area contributed by atoms with E-state index in [1.165, 1.54) is 5.56 Å². The lowest BCUT2D eigenvalue weighted by atomic mass is 10.0. The third-order valence-corrected chi connectivity index (χ3v) is 4.56. The molecule has 0 saturated carbocycles. The molecule has 4 rings (SSSR count). The first-order chi connectivity index (χ1) is 11.2. The summed E-state index contributed by atoms with van der Waals surface area (Å²) in [6, 6.07) is 16.1. The van der Waals surface area contributed by atoms with Crippen molar-refractivity contribution in [3.8, 4) is 0 Å². The number of likely N-dealkylation sites (N-methyl/N-ethyl adjacent to an activating group) is 2. The Morgan fingerprint density at radius 2 is 1.61 bits per heavy atom. The van der Waals surface area contributed by atoms with Gasteiger partial charge < -0.3 is 9.80 Å². The second-order valence-corrected chi connectivity index (χ2v) is 5.78. The average molecular weight is 302 g/mol. The lowest BCUT2D eigenvalue weighted by Gasteiger charge is -2.31. The molecule has 0 unspecified atom stereocenters. The Kier molecular flexibility index (Phi) is 3.08. The molecule has 0 N–H and O–H groups in total. The Bertz CT molecular complexity index is 863. The first-order valence-electron chi connectivity index (χ1n) is 7.88. The molecule has 0 aliphatic carbocycles. The van der Waals surface area contributed by atoms with E-state index in [2.05, 4.69) is 36.1 Å². The minimum absolute atomic E-state index is 0.0978. The van der Waals surface area contributed by atoms with Gasteiger partial charge in [-0.2, -0.15) is 0 Å². The van der Waals surface area contributed by atoms with Crippen molar-refractivity contribution >= 4 is 23.2 Å². The van der Waals surface area contributed by atoms with E-state index in [4.69, 9.17) is 0 Å². The van der Waals surface area contributed by atoms with Gasteiger partial charge in [0.15, 0.2) is 0 Å². The highest BCUT2D eigenvalue weighted by Gasteiger charge is 2.34. The number of rotatable bonds is 1. The first-order valence-corrected chi connectivity index (χ1v) is 7.88. The summed E-state index contributed by atoms with van der Waals surface area (Å²) in [7, 11) is 1.97. The van der Waals surface area contributed by atoms with E-state index in [1.807, 2.05) is 48.3 Å². The maximum atomic E-state index is 12.9. The Labute approximate surface area is 136 Å². The van der Waals surface area contributed by atoms with Crippen LogP contribution in [0.4, 0.5) is 11.4 Å². The van der Waals surface area contributed by atoms with Crippen molar-refractivity contribution < 1.29 is 4.79 Å². The van der Waals surface area contributed by atoms with Crippen LogP contribution in [0.3, 0.4) is 0 Å². The van der Waals surface area contributed by atoms with Crippen molar-refractivity contribution in [2.75, 3.05) is 23.4 Å². The predicted molar refractivity (Wildman–Crippen MR) is 94.7 cm³/mol. The number of para-hydroxylation sites is 2. The van der Waals surface area contributed by atoms with Crippen molar-refractivity contribution in [3.05, 3.63) is 77.1 Å². The molecule has 0 saturated heterocycles. The molecule has 2 aliphatic rings. The van der Waals surface area contributed by atoms with Gasteiger partial charge in [0.05, 0.1) is 11.4 Å². The van der Waals surface area contributed by atoms with Gasteiger partial charge in [-0.05, 0) is 36.8 Å². The summed E-state index contributed by atoms with van der Waals surface area (Å²) in [5.41, 5.74) is 5.80. The Morgan fingerprint density at radius 3 is 2.35 bits per heavy atom. The first kappa shape index (κ1) is 13.8. The van der Waals surface area contributed by atoms with Crippen LogP contribution in [-0.2, 0) is 0 Å². The normalized spacial score (nSPS) is 19.1. The molecule has 3 nitrogen and oxygen atoms in total. The zero-order valence-corrected chi connectivity index (χ0v) is 13.3. The monoisotopic (exact) mass is 302 g/mol. The van der Waals surface area contributed by atoms with Crippen LogP contribution in [0.15, 0.2) is 66.0 Å².